The molecule has 1 atom stereocenters. The third-order valence-corrected chi connectivity index (χ3v) is 7.23. The Kier molecular flexibility index (Phi) is 6.48. The number of carboxylic acid groups (broad SMARTS) is 1. The standard InChI is InChI=1S/C30H31N3O4/c1-17-12-13-22-25(18(2)14-15-37-24-11-7-9-20-8-5-6-10-21(20)24)29(30(35)36)31-28(22)26(17)27-19(3)32-33(4)23(27)16-34/h5-13,18,31,34H,14-16H2,1-4H3,(H,35,36). The lowest BCUT2D eigenvalue weighted by Gasteiger charge is -2.15. The minimum absolute atomic E-state index is 0.0716. The summed E-state index contributed by atoms with van der Waals surface area (Å²) in [5.41, 5.74) is 5.87. The zero-order valence-electron chi connectivity index (χ0n) is 21.5. The van der Waals surface area contributed by atoms with Gasteiger partial charge in [-0.05, 0) is 48.8 Å². The fraction of sp³-hybridized carbons (Fsp3) is 0.267. The number of hydrogen-bond donors (Lipinski definition) is 3. The van der Waals surface area contributed by atoms with Crippen LogP contribution in [0.3, 0.4) is 0 Å². The highest BCUT2D eigenvalue weighted by molar-refractivity contribution is 6.04. The van der Waals surface area contributed by atoms with Crippen LogP contribution >= 0.6 is 0 Å². The number of aromatic amines is 1. The van der Waals surface area contributed by atoms with E-state index in [0.717, 1.165) is 55.4 Å². The smallest absolute Gasteiger partial charge is 0.352 e. The average Bonchev–Trinajstić information content (AvgIpc) is 3.40. The van der Waals surface area contributed by atoms with Gasteiger partial charge in [0.25, 0.3) is 0 Å². The Bertz CT molecular complexity index is 1620. The average molecular weight is 498 g/mol. The number of fused-ring (bicyclic) bond motifs is 2. The molecule has 2 aromatic heterocycles. The fourth-order valence-corrected chi connectivity index (χ4v) is 5.41. The van der Waals surface area contributed by atoms with Gasteiger partial charge in [-0.2, -0.15) is 5.10 Å². The zero-order valence-corrected chi connectivity index (χ0v) is 21.5. The van der Waals surface area contributed by atoms with Crippen LogP contribution < -0.4 is 4.74 Å². The lowest BCUT2D eigenvalue weighted by atomic mass is 9.91. The van der Waals surface area contributed by atoms with Gasteiger partial charge in [0, 0.05) is 28.9 Å². The minimum atomic E-state index is -0.998. The lowest BCUT2D eigenvalue weighted by molar-refractivity contribution is 0.0689. The Morgan fingerprint density at radius 1 is 1.05 bits per heavy atom. The number of aliphatic hydroxyl groups excluding tert-OH is 1. The molecule has 0 saturated heterocycles. The summed E-state index contributed by atoms with van der Waals surface area (Å²) in [6.45, 7) is 6.22. The molecule has 0 spiro atoms. The van der Waals surface area contributed by atoms with Crippen molar-refractivity contribution in [3.8, 4) is 16.9 Å². The van der Waals surface area contributed by atoms with Crippen LogP contribution in [-0.2, 0) is 13.7 Å². The van der Waals surface area contributed by atoms with Gasteiger partial charge in [0.1, 0.15) is 11.4 Å². The number of benzene rings is 3. The van der Waals surface area contributed by atoms with Crippen molar-refractivity contribution in [1.29, 1.82) is 0 Å². The maximum absolute atomic E-state index is 12.3. The highest BCUT2D eigenvalue weighted by Gasteiger charge is 2.26. The summed E-state index contributed by atoms with van der Waals surface area (Å²) in [5, 5.41) is 27.7. The number of hydrogen-bond acceptors (Lipinski definition) is 4. The van der Waals surface area contributed by atoms with Crippen LogP contribution in [0, 0.1) is 13.8 Å². The molecule has 3 N–H and O–H groups in total. The van der Waals surface area contributed by atoms with Crippen molar-refractivity contribution < 1.29 is 19.7 Å². The summed E-state index contributed by atoms with van der Waals surface area (Å²) in [5.74, 6) is -0.246. The second-order valence-electron chi connectivity index (χ2n) is 9.60. The van der Waals surface area contributed by atoms with Crippen molar-refractivity contribution >= 4 is 27.6 Å². The Labute approximate surface area is 215 Å². The molecule has 2 heterocycles. The van der Waals surface area contributed by atoms with Gasteiger partial charge >= 0.3 is 5.97 Å². The predicted octanol–water partition coefficient (Wildman–Crippen LogP) is 6.10. The molecular formula is C30H31N3O4. The van der Waals surface area contributed by atoms with Gasteiger partial charge in [-0.25, -0.2) is 4.79 Å². The molecule has 0 fully saturated rings. The molecule has 0 amide bonds. The first-order valence-corrected chi connectivity index (χ1v) is 12.4. The number of ether oxygens (including phenoxy) is 1. The topological polar surface area (TPSA) is 100 Å². The van der Waals surface area contributed by atoms with Crippen LogP contribution in [0.1, 0.15) is 52.3 Å². The quantitative estimate of drug-likeness (QED) is 0.240. The molecule has 5 aromatic rings. The molecule has 0 aliphatic heterocycles. The van der Waals surface area contributed by atoms with E-state index in [1.54, 1.807) is 11.7 Å². The van der Waals surface area contributed by atoms with E-state index in [9.17, 15) is 15.0 Å². The Morgan fingerprint density at radius 3 is 2.57 bits per heavy atom. The second kappa shape index (κ2) is 9.75. The number of rotatable bonds is 8. The Morgan fingerprint density at radius 2 is 1.81 bits per heavy atom. The van der Waals surface area contributed by atoms with Gasteiger partial charge in [0.15, 0.2) is 0 Å². The molecule has 0 bridgehead atoms. The number of carboxylic acids is 1. The first kappa shape index (κ1) is 24.6. The molecule has 0 saturated carbocycles. The van der Waals surface area contributed by atoms with Gasteiger partial charge in [-0.3, -0.25) is 4.68 Å². The summed E-state index contributed by atoms with van der Waals surface area (Å²) in [4.78, 5) is 15.6. The Hall–Kier alpha value is -4.10. The van der Waals surface area contributed by atoms with Crippen molar-refractivity contribution in [1.82, 2.24) is 14.8 Å². The molecular weight excluding hydrogens is 466 g/mol. The van der Waals surface area contributed by atoms with Crippen LogP contribution in [0.15, 0.2) is 54.6 Å². The van der Waals surface area contributed by atoms with E-state index >= 15 is 0 Å². The summed E-state index contributed by atoms with van der Waals surface area (Å²) < 4.78 is 7.84. The fourth-order valence-electron chi connectivity index (χ4n) is 5.41. The van der Waals surface area contributed by atoms with E-state index in [1.807, 2.05) is 63.2 Å². The van der Waals surface area contributed by atoms with Crippen molar-refractivity contribution in [2.45, 2.75) is 39.7 Å². The van der Waals surface area contributed by atoms with Gasteiger partial charge in [-0.1, -0.05) is 55.5 Å². The van der Waals surface area contributed by atoms with E-state index in [2.05, 4.69) is 22.2 Å². The maximum Gasteiger partial charge on any atom is 0.352 e. The summed E-state index contributed by atoms with van der Waals surface area (Å²) in [6.07, 6.45) is 0.646. The third-order valence-electron chi connectivity index (χ3n) is 7.23. The first-order chi connectivity index (χ1) is 17.8. The zero-order chi connectivity index (χ0) is 26.3. The highest BCUT2D eigenvalue weighted by Crippen LogP contribution is 2.40. The number of nitrogens with one attached hydrogen (secondary N) is 1. The number of H-pyrrole nitrogens is 1. The number of aromatic nitrogens is 3. The molecule has 3 aromatic carbocycles. The molecule has 190 valence electrons. The third kappa shape index (κ3) is 4.25. The number of aromatic carboxylic acids is 1. The normalized spacial score (nSPS) is 12.4. The second-order valence-corrected chi connectivity index (χ2v) is 9.60. The molecule has 37 heavy (non-hydrogen) atoms. The van der Waals surface area contributed by atoms with E-state index < -0.39 is 5.97 Å². The maximum atomic E-state index is 12.3. The molecule has 0 aliphatic rings. The highest BCUT2D eigenvalue weighted by atomic mass is 16.5. The monoisotopic (exact) mass is 497 g/mol. The number of nitrogens with zero attached hydrogens (tertiary/aromatic N) is 2. The van der Waals surface area contributed by atoms with E-state index in [0.29, 0.717) is 18.7 Å². The number of aliphatic hydroxyl groups is 1. The Balaban J connectivity index is 1.53. The van der Waals surface area contributed by atoms with Crippen molar-refractivity contribution in [2.24, 2.45) is 7.05 Å². The molecule has 1 unspecified atom stereocenters. The van der Waals surface area contributed by atoms with Crippen LogP contribution in [0.25, 0.3) is 32.8 Å². The van der Waals surface area contributed by atoms with E-state index in [-0.39, 0.29) is 18.2 Å². The summed E-state index contributed by atoms with van der Waals surface area (Å²) in [6, 6.07) is 18.1. The van der Waals surface area contributed by atoms with Gasteiger partial charge in [0.05, 0.1) is 30.1 Å². The minimum Gasteiger partial charge on any atom is -0.493 e. The van der Waals surface area contributed by atoms with Crippen LogP contribution in [0.4, 0.5) is 0 Å². The van der Waals surface area contributed by atoms with Gasteiger partial charge < -0.3 is 19.9 Å². The molecule has 7 nitrogen and oxygen atoms in total. The van der Waals surface area contributed by atoms with Crippen molar-refractivity contribution in [2.75, 3.05) is 6.61 Å². The van der Waals surface area contributed by atoms with Crippen LogP contribution in [-0.4, -0.2) is 37.6 Å². The summed E-state index contributed by atoms with van der Waals surface area (Å²) >= 11 is 0. The van der Waals surface area contributed by atoms with Crippen LogP contribution in [0.2, 0.25) is 0 Å². The predicted molar refractivity (Wildman–Crippen MR) is 145 cm³/mol. The van der Waals surface area contributed by atoms with Crippen molar-refractivity contribution in [3.05, 3.63) is 82.8 Å². The van der Waals surface area contributed by atoms with Gasteiger partial charge in [-0.15, -0.1) is 0 Å². The largest absolute Gasteiger partial charge is 0.493 e. The lowest BCUT2D eigenvalue weighted by Crippen LogP contribution is -2.08. The first-order valence-electron chi connectivity index (χ1n) is 12.4. The van der Waals surface area contributed by atoms with Crippen LogP contribution in [0.5, 0.6) is 5.75 Å². The molecule has 0 aliphatic carbocycles. The summed E-state index contributed by atoms with van der Waals surface area (Å²) in [7, 11) is 1.80. The van der Waals surface area contributed by atoms with Crippen molar-refractivity contribution in [3.63, 3.8) is 0 Å². The van der Waals surface area contributed by atoms with Gasteiger partial charge in [0.2, 0.25) is 0 Å². The molecule has 0 radical (unpaired) electrons. The number of aryl methyl sites for hydroxylation is 3. The number of carbonyl (C=O) groups is 1. The molecule has 5 rings (SSSR count). The molecule has 7 heteroatoms. The SMILES string of the molecule is Cc1ccc2c(C(C)CCOc3cccc4ccccc34)c(C(=O)O)[nH]c2c1-c1c(C)nn(C)c1CO. The van der Waals surface area contributed by atoms with E-state index in [1.165, 1.54) is 0 Å². The van der Waals surface area contributed by atoms with E-state index in [4.69, 9.17) is 4.74 Å².